The average molecular weight is 427 g/mol. The SMILES string of the molecule is CC(C)(C)OC(=O)N1CCC[C@H]1[C@H]1CCCCN1Cc1noc(Cc2ccccc2)n1. The Balaban J connectivity index is 1.42. The van der Waals surface area contributed by atoms with Gasteiger partial charge in [0.05, 0.1) is 19.0 Å². The van der Waals surface area contributed by atoms with Crippen LogP contribution >= 0.6 is 0 Å². The number of likely N-dealkylation sites (tertiary alicyclic amines) is 2. The van der Waals surface area contributed by atoms with Crippen molar-refractivity contribution in [2.45, 2.75) is 83.5 Å². The van der Waals surface area contributed by atoms with E-state index >= 15 is 0 Å². The van der Waals surface area contributed by atoms with Crippen molar-refractivity contribution < 1.29 is 14.1 Å². The summed E-state index contributed by atoms with van der Waals surface area (Å²) in [5, 5.41) is 4.24. The van der Waals surface area contributed by atoms with Crippen LogP contribution in [0.5, 0.6) is 0 Å². The summed E-state index contributed by atoms with van der Waals surface area (Å²) >= 11 is 0. The van der Waals surface area contributed by atoms with Crippen LogP contribution in [0, 0.1) is 0 Å². The molecule has 2 atom stereocenters. The molecule has 0 bridgehead atoms. The van der Waals surface area contributed by atoms with Gasteiger partial charge in [-0.3, -0.25) is 4.90 Å². The van der Waals surface area contributed by atoms with E-state index in [1.54, 1.807) is 0 Å². The van der Waals surface area contributed by atoms with E-state index in [-0.39, 0.29) is 12.1 Å². The van der Waals surface area contributed by atoms with Gasteiger partial charge in [0.25, 0.3) is 0 Å². The quantitative estimate of drug-likeness (QED) is 0.705. The van der Waals surface area contributed by atoms with E-state index in [1.165, 1.54) is 6.42 Å². The third-order valence-electron chi connectivity index (χ3n) is 6.09. The summed E-state index contributed by atoms with van der Waals surface area (Å²) in [6.45, 7) is 8.19. The molecule has 31 heavy (non-hydrogen) atoms. The molecule has 0 N–H and O–H groups in total. The number of nitrogens with zero attached hydrogens (tertiary/aromatic N) is 4. The molecule has 7 heteroatoms. The fourth-order valence-corrected chi connectivity index (χ4v) is 4.77. The lowest BCUT2D eigenvalue weighted by molar-refractivity contribution is 0.00600. The van der Waals surface area contributed by atoms with E-state index < -0.39 is 5.60 Å². The highest BCUT2D eigenvalue weighted by Gasteiger charge is 2.40. The maximum Gasteiger partial charge on any atom is 0.410 e. The second-order valence-electron chi connectivity index (χ2n) is 9.68. The molecule has 2 fully saturated rings. The van der Waals surface area contributed by atoms with Crippen molar-refractivity contribution in [3.8, 4) is 0 Å². The Hall–Kier alpha value is -2.41. The normalized spacial score (nSPS) is 22.6. The zero-order valence-corrected chi connectivity index (χ0v) is 18.9. The molecule has 4 rings (SSSR count). The van der Waals surface area contributed by atoms with Crippen LogP contribution < -0.4 is 0 Å². The molecule has 168 valence electrons. The molecule has 0 spiro atoms. The summed E-state index contributed by atoms with van der Waals surface area (Å²) in [6, 6.07) is 10.7. The molecule has 7 nitrogen and oxygen atoms in total. The lowest BCUT2D eigenvalue weighted by Crippen LogP contribution is -2.53. The van der Waals surface area contributed by atoms with Gasteiger partial charge in [0.15, 0.2) is 5.82 Å². The van der Waals surface area contributed by atoms with Gasteiger partial charge in [-0.15, -0.1) is 0 Å². The number of amides is 1. The minimum absolute atomic E-state index is 0.186. The predicted molar refractivity (Wildman–Crippen MR) is 118 cm³/mol. The van der Waals surface area contributed by atoms with Gasteiger partial charge in [-0.1, -0.05) is 41.9 Å². The number of hydrogen-bond donors (Lipinski definition) is 0. The second-order valence-corrected chi connectivity index (χ2v) is 9.68. The van der Waals surface area contributed by atoms with Crippen molar-refractivity contribution in [3.05, 3.63) is 47.6 Å². The maximum atomic E-state index is 12.8. The summed E-state index contributed by atoms with van der Waals surface area (Å²) in [7, 11) is 0. The number of benzene rings is 1. The van der Waals surface area contributed by atoms with Crippen molar-refractivity contribution in [1.29, 1.82) is 0 Å². The monoisotopic (exact) mass is 426 g/mol. The van der Waals surface area contributed by atoms with E-state index in [0.717, 1.165) is 50.2 Å². The lowest BCUT2D eigenvalue weighted by atomic mass is 9.94. The van der Waals surface area contributed by atoms with Crippen LogP contribution in [0.3, 0.4) is 0 Å². The minimum Gasteiger partial charge on any atom is -0.444 e. The molecule has 0 unspecified atom stereocenters. The topological polar surface area (TPSA) is 71.7 Å². The Bertz CT molecular complexity index is 861. The van der Waals surface area contributed by atoms with Gasteiger partial charge in [-0.25, -0.2) is 4.79 Å². The number of ether oxygens (including phenoxy) is 1. The third kappa shape index (κ3) is 5.64. The van der Waals surface area contributed by atoms with Crippen LogP contribution in [0.15, 0.2) is 34.9 Å². The van der Waals surface area contributed by atoms with Crippen molar-refractivity contribution in [3.63, 3.8) is 0 Å². The summed E-state index contributed by atoms with van der Waals surface area (Å²) < 4.78 is 11.2. The van der Waals surface area contributed by atoms with Crippen LogP contribution in [-0.2, 0) is 17.7 Å². The lowest BCUT2D eigenvalue weighted by Gasteiger charge is -2.41. The van der Waals surface area contributed by atoms with Crippen LogP contribution in [0.25, 0.3) is 0 Å². The molecule has 2 aliphatic rings. The van der Waals surface area contributed by atoms with Gasteiger partial charge in [0.1, 0.15) is 5.60 Å². The Morgan fingerprint density at radius 2 is 1.87 bits per heavy atom. The molecule has 0 aliphatic carbocycles. The maximum absolute atomic E-state index is 12.8. The van der Waals surface area contributed by atoms with Crippen LogP contribution in [0.1, 0.15) is 70.2 Å². The van der Waals surface area contributed by atoms with Crippen molar-refractivity contribution in [2.75, 3.05) is 13.1 Å². The van der Waals surface area contributed by atoms with Crippen LogP contribution in [0.2, 0.25) is 0 Å². The Kier molecular flexibility index (Phi) is 6.60. The van der Waals surface area contributed by atoms with Gasteiger partial charge >= 0.3 is 6.09 Å². The molecular weight excluding hydrogens is 392 g/mol. The third-order valence-corrected chi connectivity index (χ3v) is 6.09. The Morgan fingerprint density at radius 3 is 2.65 bits per heavy atom. The second kappa shape index (κ2) is 9.39. The molecule has 2 saturated heterocycles. The number of piperidine rings is 1. The first kappa shape index (κ1) is 21.8. The Labute approximate surface area is 184 Å². The summed E-state index contributed by atoms with van der Waals surface area (Å²) in [5.74, 6) is 1.37. The van der Waals surface area contributed by atoms with Crippen LogP contribution in [-0.4, -0.2) is 56.8 Å². The number of rotatable bonds is 5. The first-order valence-electron chi connectivity index (χ1n) is 11.5. The van der Waals surface area contributed by atoms with E-state index in [4.69, 9.17) is 9.26 Å². The van der Waals surface area contributed by atoms with Crippen molar-refractivity contribution in [2.24, 2.45) is 0 Å². The molecule has 0 radical (unpaired) electrons. The van der Waals surface area contributed by atoms with E-state index in [1.807, 2.05) is 43.9 Å². The van der Waals surface area contributed by atoms with E-state index in [9.17, 15) is 4.79 Å². The number of carbonyl (C=O) groups excluding carboxylic acids is 1. The number of hydrogen-bond acceptors (Lipinski definition) is 6. The highest BCUT2D eigenvalue weighted by Crippen LogP contribution is 2.31. The first-order valence-corrected chi connectivity index (χ1v) is 11.5. The fraction of sp³-hybridized carbons (Fsp3) is 0.625. The standard InChI is InChI=1S/C24H34N4O3/c1-24(2,3)30-23(29)28-15-9-13-20(28)19-12-7-8-14-27(19)17-21-25-22(31-26-21)16-18-10-5-4-6-11-18/h4-6,10-11,19-20H,7-9,12-17H2,1-3H3/t19-,20+/m1/s1. The van der Waals surface area contributed by atoms with Gasteiger partial charge in [-0.05, 0) is 58.6 Å². The number of aromatic nitrogens is 2. The largest absolute Gasteiger partial charge is 0.444 e. The fourth-order valence-electron chi connectivity index (χ4n) is 4.77. The summed E-state index contributed by atoms with van der Waals surface area (Å²) in [4.78, 5) is 21.8. The molecule has 0 saturated carbocycles. The summed E-state index contributed by atoms with van der Waals surface area (Å²) in [6.07, 6.45) is 5.93. The molecule has 3 heterocycles. The van der Waals surface area contributed by atoms with Crippen molar-refractivity contribution in [1.82, 2.24) is 19.9 Å². The molecule has 1 aromatic carbocycles. The molecule has 1 aromatic heterocycles. The zero-order chi connectivity index (χ0) is 21.8. The summed E-state index contributed by atoms with van der Waals surface area (Å²) in [5.41, 5.74) is 0.684. The van der Waals surface area contributed by atoms with E-state index in [2.05, 4.69) is 27.2 Å². The van der Waals surface area contributed by atoms with Crippen molar-refractivity contribution >= 4 is 6.09 Å². The van der Waals surface area contributed by atoms with Gasteiger partial charge < -0.3 is 14.2 Å². The minimum atomic E-state index is -0.476. The molecular formula is C24H34N4O3. The smallest absolute Gasteiger partial charge is 0.410 e. The molecule has 2 aliphatic heterocycles. The highest BCUT2D eigenvalue weighted by molar-refractivity contribution is 5.69. The zero-order valence-electron chi connectivity index (χ0n) is 18.9. The van der Waals surface area contributed by atoms with E-state index in [0.29, 0.717) is 24.9 Å². The molecule has 1 amide bonds. The first-order chi connectivity index (χ1) is 14.9. The highest BCUT2D eigenvalue weighted by atomic mass is 16.6. The predicted octanol–water partition coefficient (Wildman–Crippen LogP) is 4.41. The Morgan fingerprint density at radius 1 is 1.10 bits per heavy atom. The van der Waals surface area contributed by atoms with Gasteiger partial charge in [-0.2, -0.15) is 4.98 Å². The number of carbonyl (C=O) groups is 1. The average Bonchev–Trinajstić information content (AvgIpc) is 3.38. The molecule has 2 aromatic rings. The van der Waals surface area contributed by atoms with Gasteiger partial charge in [0, 0.05) is 12.6 Å². The van der Waals surface area contributed by atoms with Gasteiger partial charge in [0.2, 0.25) is 5.89 Å². The van der Waals surface area contributed by atoms with Crippen LogP contribution in [0.4, 0.5) is 4.79 Å².